The molecule has 3 rings (SSSR count). The number of carboxylic acid groups (broad SMARTS) is 1. The first-order valence-electron chi connectivity index (χ1n) is 7.82. The molecule has 23 heavy (non-hydrogen) atoms. The summed E-state index contributed by atoms with van der Waals surface area (Å²) in [5.74, 6) is -0.874. The van der Waals surface area contributed by atoms with Crippen molar-refractivity contribution in [3.05, 3.63) is 56.7 Å². The molecule has 3 nitrogen and oxygen atoms in total. The highest BCUT2D eigenvalue weighted by Gasteiger charge is 2.31. The number of aryl methyl sites for hydroxylation is 1. The monoisotopic (exact) mass is 349 g/mol. The molecule has 1 unspecified atom stereocenters. The molecule has 0 amide bonds. The third-order valence-corrected chi connectivity index (χ3v) is 5.90. The minimum absolute atomic E-state index is 0.182. The van der Waals surface area contributed by atoms with Gasteiger partial charge in [0.15, 0.2) is 0 Å². The van der Waals surface area contributed by atoms with E-state index in [1.54, 1.807) is 11.3 Å². The van der Waals surface area contributed by atoms with Gasteiger partial charge in [-0.25, -0.2) is 0 Å². The van der Waals surface area contributed by atoms with Gasteiger partial charge in [-0.1, -0.05) is 23.7 Å². The maximum absolute atomic E-state index is 11.2. The van der Waals surface area contributed by atoms with Crippen molar-refractivity contribution < 1.29 is 9.90 Å². The van der Waals surface area contributed by atoms with Gasteiger partial charge in [0.2, 0.25) is 0 Å². The Morgan fingerprint density at radius 1 is 1.26 bits per heavy atom. The van der Waals surface area contributed by atoms with Crippen LogP contribution in [0.25, 0.3) is 0 Å². The largest absolute Gasteiger partial charge is 0.481 e. The van der Waals surface area contributed by atoms with Crippen LogP contribution < -0.4 is 0 Å². The Balaban J connectivity index is 1.89. The molecule has 5 heteroatoms. The molecule has 1 aliphatic rings. The second-order valence-corrected chi connectivity index (χ2v) is 7.45. The Kier molecular flexibility index (Phi) is 5.05. The van der Waals surface area contributed by atoms with E-state index in [1.807, 2.05) is 12.1 Å². The summed E-state index contributed by atoms with van der Waals surface area (Å²) >= 11 is 7.80. The third kappa shape index (κ3) is 3.60. The lowest BCUT2D eigenvalue weighted by Gasteiger charge is -2.36. The summed E-state index contributed by atoms with van der Waals surface area (Å²) < 4.78 is 0. The molecule has 1 N–H and O–H groups in total. The van der Waals surface area contributed by atoms with E-state index >= 15 is 0 Å². The fourth-order valence-electron chi connectivity index (χ4n) is 3.24. The average Bonchev–Trinajstić information content (AvgIpc) is 2.96. The van der Waals surface area contributed by atoms with E-state index < -0.39 is 5.97 Å². The predicted octanol–water partition coefficient (Wildman–Crippen LogP) is 4.60. The van der Waals surface area contributed by atoms with Crippen molar-refractivity contribution in [3.63, 3.8) is 0 Å². The molecule has 1 aromatic carbocycles. The lowest BCUT2D eigenvalue weighted by atomic mass is 9.93. The maximum Gasteiger partial charge on any atom is 0.306 e. The molecule has 0 spiro atoms. The Morgan fingerprint density at radius 2 is 1.91 bits per heavy atom. The third-order valence-electron chi connectivity index (χ3n) is 4.58. The van der Waals surface area contributed by atoms with Gasteiger partial charge in [-0.15, -0.1) is 11.3 Å². The van der Waals surface area contributed by atoms with Crippen LogP contribution in [0.5, 0.6) is 0 Å². The van der Waals surface area contributed by atoms with Gasteiger partial charge < -0.3 is 5.11 Å². The Morgan fingerprint density at radius 3 is 2.43 bits per heavy atom. The summed E-state index contributed by atoms with van der Waals surface area (Å²) in [5, 5.41) is 12.1. The maximum atomic E-state index is 11.2. The number of benzene rings is 1. The molecule has 1 fully saturated rings. The number of nitrogens with zero attached hydrogens (tertiary/aromatic N) is 1. The first kappa shape index (κ1) is 16.5. The number of likely N-dealkylation sites (tertiary alicyclic amines) is 1. The molecular weight excluding hydrogens is 330 g/mol. The first-order valence-corrected chi connectivity index (χ1v) is 9.08. The van der Waals surface area contributed by atoms with E-state index in [4.69, 9.17) is 11.6 Å². The van der Waals surface area contributed by atoms with E-state index in [1.165, 1.54) is 16.0 Å². The SMILES string of the molecule is Cc1ccsc1C(c1ccc(Cl)cc1)N1CCC(C(=O)O)CC1. The van der Waals surface area contributed by atoms with Gasteiger partial charge >= 0.3 is 5.97 Å². The molecule has 1 saturated heterocycles. The van der Waals surface area contributed by atoms with E-state index in [2.05, 4.69) is 35.4 Å². The van der Waals surface area contributed by atoms with Crippen molar-refractivity contribution in [2.75, 3.05) is 13.1 Å². The predicted molar refractivity (Wildman–Crippen MR) is 94.3 cm³/mol. The van der Waals surface area contributed by atoms with Crippen molar-refractivity contribution in [1.82, 2.24) is 4.90 Å². The molecule has 1 aliphatic heterocycles. The minimum Gasteiger partial charge on any atom is -0.481 e. The fourth-order valence-corrected chi connectivity index (χ4v) is 4.46. The number of carboxylic acids is 1. The summed E-state index contributed by atoms with van der Waals surface area (Å²) in [4.78, 5) is 14.9. The highest BCUT2D eigenvalue weighted by Crippen LogP contribution is 2.37. The highest BCUT2D eigenvalue weighted by molar-refractivity contribution is 7.10. The zero-order valence-corrected chi connectivity index (χ0v) is 14.6. The smallest absolute Gasteiger partial charge is 0.306 e. The van der Waals surface area contributed by atoms with Gasteiger partial charge in [0.05, 0.1) is 12.0 Å². The Hall–Kier alpha value is -1.36. The van der Waals surface area contributed by atoms with Gasteiger partial charge in [-0.05, 0) is 67.6 Å². The number of carbonyl (C=O) groups is 1. The molecule has 2 aromatic rings. The number of aliphatic carboxylic acids is 1. The second-order valence-electron chi connectivity index (χ2n) is 6.07. The first-order chi connectivity index (χ1) is 11.1. The normalized spacial score (nSPS) is 18.0. The zero-order chi connectivity index (χ0) is 16.4. The Bertz CT molecular complexity index is 675. The Labute approximate surface area is 145 Å². The van der Waals surface area contributed by atoms with Crippen LogP contribution in [-0.2, 0) is 4.79 Å². The summed E-state index contributed by atoms with van der Waals surface area (Å²) in [7, 11) is 0. The minimum atomic E-state index is -0.667. The van der Waals surface area contributed by atoms with Gasteiger partial charge in [0.1, 0.15) is 0 Å². The van der Waals surface area contributed by atoms with Crippen LogP contribution in [0, 0.1) is 12.8 Å². The number of hydrogen-bond acceptors (Lipinski definition) is 3. The lowest BCUT2D eigenvalue weighted by Crippen LogP contribution is -2.39. The van der Waals surface area contributed by atoms with Crippen LogP contribution in [-0.4, -0.2) is 29.1 Å². The molecule has 0 bridgehead atoms. The van der Waals surface area contributed by atoms with Crippen LogP contribution in [0.1, 0.15) is 34.9 Å². The van der Waals surface area contributed by atoms with Crippen LogP contribution in [0.15, 0.2) is 35.7 Å². The molecule has 0 aliphatic carbocycles. The molecule has 1 aromatic heterocycles. The summed E-state index contributed by atoms with van der Waals surface area (Å²) in [5.41, 5.74) is 2.50. The number of piperidine rings is 1. The zero-order valence-electron chi connectivity index (χ0n) is 13.0. The van der Waals surface area contributed by atoms with Crippen molar-refractivity contribution in [1.29, 1.82) is 0 Å². The molecule has 122 valence electrons. The van der Waals surface area contributed by atoms with Gasteiger partial charge in [-0.2, -0.15) is 0 Å². The summed E-state index contributed by atoms with van der Waals surface area (Å²) in [6.07, 6.45) is 1.42. The van der Waals surface area contributed by atoms with Crippen molar-refractivity contribution in [3.8, 4) is 0 Å². The molecule has 0 saturated carbocycles. The van der Waals surface area contributed by atoms with Crippen LogP contribution in [0.4, 0.5) is 0 Å². The molecule has 0 radical (unpaired) electrons. The van der Waals surface area contributed by atoms with Gasteiger partial charge in [0, 0.05) is 9.90 Å². The van der Waals surface area contributed by atoms with Crippen LogP contribution in [0.2, 0.25) is 5.02 Å². The van der Waals surface area contributed by atoms with Gasteiger partial charge in [0.25, 0.3) is 0 Å². The van der Waals surface area contributed by atoms with Crippen molar-refractivity contribution in [2.24, 2.45) is 5.92 Å². The number of rotatable bonds is 4. The highest BCUT2D eigenvalue weighted by atomic mass is 35.5. The van der Waals surface area contributed by atoms with E-state index in [-0.39, 0.29) is 12.0 Å². The van der Waals surface area contributed by atoms with Crippen LogP contribution in [0.3, 0.4) is 0 Å². The van der Waals surface area contributed by atoms with E-state index in [0.29, 0.717) is 12.8 Å². The lowest BCUT2D eigenvalue weighted by molar-refractivity contribution is -0.143. The second kappa shape index (κ2) is 7.04. The van der Waals surface area contributed by atoms with Crippen LogP contribution >= 0.6 is 22.9 Å². The summed E-state index contributed by atoms with van der Waals surface area (Å²) in [6.45, 7) is 3.75. The molecule has 2 heterocycles. The number of hydrogen-bond donors (Lipinski definition) is 1. The number of halogens is 1. The van der Waals surface area contributed by atoms with E-state index in [0.717, 1.165) is 18.1 Å². The van der Waals surface area contributed by atoms with Crippen molar-refractivity contribution in [2.45, 2.75) is 25.8 Å². The number of thiophene rings is 1. The summed E-state index contributed by atoms with van der Waals surface area (Å²) in [6, 6.07) is 10.3. The molecular formula is C18H20ClNO2S. The standard InChI is InChI=1S/C18H20ClNO2S/c1-12-8-11-23-17(12)16(13-2-4-15(19)5-3-13)20-9-6-14(7-10-20)18(21)22/h2-5,8,11,14,16H,6-7,9-10H2,1H3,(H,21,22). The topological polar surface area (TPSA) is 40.5 Å². The van der Waals surface area contributed by atoms with E-state index in [9.17, 15) is 9.90 Å². The quantitative estimate of drug-likeness (QED) is 0.877. The fraction of sp³-hybridized carbons (Fsp3) is 0.389. The average molecular weight is 350 g/mol. The molecule has 1 atom stereocenters. The van der Waals surface area contributed by atoms with Crippen molar-refractivity contribution >= 4 is 28.9 Å². The van der Waals surface area contributed by atoms with Gasteiger partial charge in [-0.3, -0.25) is 9.69 Å².